The number of carbonyl (C=O) groups is 1. The predicted octanol–water partition coefficient (Wildman–Crippen LogP) is 2.70. The molecule has 0 aliphatic heterocycles. The molecule has 0 atom stereocenters. The van der Waals surface area contributed by atoms with Crippen LogP contribution < -0.4 is 4.74 Å². The number of nitrogens with zero attached hydrogens (tertiary/aromatic N) is 2. The molecule has 1 aromatic rings. The topological polar surface area (TPSA) is 71.8 Å². The number of rotatable bonds is 5. The number of aromatic nitrogens is 1. The Kier molecular flexibility index (Phi) is 4.39. The fraction of sp³-hybridized carbons (Fsp3) is 0.500. The second-order valence-electron chi connectivity index (χ2n) is 5.03. The Morgan fingerprint density at radius 3 is 2.59 bits per heavy atom. The minimum Gasteiger partial charge on any atom is -0.479 e. The molecular formula is C14H15F3N2O3. The van der Waals surface area contributed by atoms with Crippen molar-refractivity contribution in [3.63, 3.8) is 0 Å². The zero-order chi connectivity index (χ0) is 16.5. The van der Waals surface area contributed by atoms with Crippen LogP contribution in [-0.4, -0.2) is 35.4 Å². The molecule has 1 heterocycles. The van der Waals surface area contributed by atoms with E-state index >= 15 is 0 Å². The summed E-state index contributed by atoms with van der Waals surface area (Å²) in [5.41, 5.74) is -0.405. The number of hydrogen-bond donors (Lipinski definition) is 1. The van der Waals surface area contributed by atoms with Gasteiger partial charge >= 0.3 is 12.1 Å². The van der Waals surface area contributed by atoms with E-state index < -0.39 is 24.3 Å². The van der Waals surface area contributed by atoms with E-state index in [0.29, 0.717) is 5.71 Å². The summed E-state index contributed by atoms with van der Waals surface area (Å²) in [6.07, 6.45) is -2.99. The molecule has 1 aromatic heterocycles. The molecule has 0 unspecified atom stereocenters. The molecule has 120 valence electrons. The van der Waals surface area contributed by atoms with Crippen LogP contribution in [0.5, 0.6) is 5.88 Å². The summed E-state index contributed by atoms with van der Waals surface area (Å²) in [5, 5.41) is 8.54. The summed E-state index contributed by atoms with van der Waals surface area (Å²) in [7, 11) is 1.46. The first-order chi connectivity index (χ1) is 10.2. The van der Waals surface area contributed by atoms with Crippen LogP contribution in [0.2, 0.25) is 0 Å². The van der Waals surface area contributed by atoms with Crippen LogP contribution >= 0.6 is 0 Å². The van der Waals surface area contributed by atoms with E-state index in [-0.39, 0.29) is 23.1 Å². The lowest BCUT2D eigenvalue weighted by Gasteiger charge is -2.17. The number of carboxylic acids is 1. The number of pyridine rings is 1. The van der Waals surface area contributed by atoms with Crippen molar-refractivity contribution in [1.82, 2.24) is 4.98 Å². The van der Waals surface area contributed by atoms with Gasteiger partial charge in [0, 0.05) is 30.3 Å². The van der Waals surface area contributed by atoms with Gasteiger partial charge in [-0.3, -0.25) is 4.99 Å². The average Bonchev–Trinajstić information content (AvgIpc) is 3.22. The molecule has 0 spiro atoms. The van der Waals surface area contributed by atoms with E-state index in [1.807, 2.05) is 0 Å². The van der Waals surface area contributed by atoms with E-state index in [2.05, 4.69) is 9.98 Å². The van der Waals surface area contributed by atoms with E-state index in [1.54, 1.807) is 0 Å². The summed E-state index contributed by atoms with van der Waals surface area (Å²) < 4.78 is 44.8. The minimum absolute atomic E-state index is 0.0254. The number of alkyl halides is 3. The van der Waals surface area contributed by atoms with Crippen LogP contribution in [0.3, 0.4) is 0 Å². The van der Waals surface area contributed by atoms with Crippen molar-refractivity contribution in [1.29, 1.82) is 0 Å². The van der Waals surface area contributed by atoms with Gasteiger partial charge < -0.3 is 9.84 Å². The highest BCUT2D eigenvalue weighted by atomic mass is 19.4. The van der Waals surface area contributed by atoms with Crippen molar-refractivity contribution in [3.05, 3.63) is 22.9 Å². The lowest BCUT2D eigenvalue weighted by Crippen LogP contribution is -2.19. The van der Waals surface area contributed by atoms with Crippen LogP contribution in [0.4, 0.5) is 13.2 Å². The normalized spacial score (nSPS) is 15.8. The highest BCUT2D eigenvalue weighted by molar-refractivity contribution is 6.05. The molecular weight excluding hydrogens is 301 g/mol. The lowest BCUT2D eigenvalue weighted by molar-refractivity contribution is -0.139. The van der Waals surface area contributed by atoms with Gasteiger partial charge in [-0.2, -0.15) is 13.2 Å². The number of carboxylic acid groups (broad SMARTS) is 1. The molecule has 5 nitrogen and oxygen atoms in total. The lowest BCUT2D eigenvalue weighted by atomic mass is 9.98. The fourth-order valence-electron chi connectivity index (χ4n) is 2.26. The molecule has 0 amide bonds. The molecule has 0 radical (unpaired) electrons. The standard InChI is InChI=1S/C14H15F3N2O3/c1-7-12(13(18-2)8-3-4-8)9(14(15,16)17)5-10(19-7)22-6-11(20)21/h5,8H,3-4,6H2,1-2H3,(H,20,21). The number of ether oxygens (including phenoxy) is 1. The molecule has 22 heavy (non-hydrogen) atoms. The first-order valence-corrected chi connectivity index (χ1v) is 6.64. The Morgan fingerprint density at radius 2 is 2.14 bits per heavy atom. The molecule has 1 N–H and O–H groups in total. The highest BCUT2D eigenvalue weighted by Crippen LogP contribution is 2.40. The molecule has 0 aromatic carbocycles. The monoisotopic (exact) mass is 316 g/mol. The molecule has 1 aliphatic carbocycles. The van der Waals surface area contributed by atoms with Gasteiger partial charge in [0.15, 0.2) is 6.61 Å². The third-order valence-corrected chi connectivity index (χ3v) is 3.29. The van der Waals surface area contributed by atoms with Crippen molar-refractivity contribution in [2.75, 3.05) is 13.7 Å². The zero-order valence-corrected chi connectivity index (χ0v) is 12.1. The van der Waals surface area contributed by atoms with Gasteiger partial charge in [0.1, 0.15) is 0 Å². The van der Waals surface area contributed by atoms with Gasteiger partial charge in [-0.1, -0.05) is 0 Å². The molecule has 0 bridgehead atoms. The predicted molar refractivity (Wildman–Crippen MR) is 72.3 cm³/mol. The van der Waals surface area contributed by atoms with Crippen molar-refractivity contribution >= 4 is 11.7 Å². The van der Waals surface area contributed by atoms with E-state index in [0.717, 1.165) is 18.9 Å². The van der Waals surface area contributed by atoms with Crippen molar-refractivity contribution in [3.8, 4) is 5.88 Å². The van der Waals surface area contributed by atoms with Crippen LogP contribution in [-0.2, 0) is 11.0 Å². The zero-order valence-electron chi connectivity index (χ0n) is 12.1. The summed E-state index contributed by atoms with van der Waals surface area (Å²) in [6, 6.07) is 0.735. The molecule has 0 saturated heterocycles. The number of aliphatic imine (C=N–C) groups is 1. The van der Waals surface area contributed by atoms with Crippen molar-refractivity contribution in [2.45, 2.75) is 25.9 Å². The van der Waals surface area contributed by atoms with Gasteiger partial charge in [-0.25, -0.2) is 9.78 Å². The molecule has 2 rings (SSSR count). The molecule has 1 fully saturated rings. The van der Waals surface area contributed by atoms with Gasteiger partial charge in [0.05, 0.1) is 11.3 Å². The number of hydrogen-bond acceptors (Lipinski definition) is 4. The minimum atomic E-state index is -4.60. The maximum Gasteiger partial charge on any atom is 0.417 e. The quantitative estimate of drug-likeness (QED) is 0.848. The summed E-state index contributed by atoms with van der Waals surface area (Å²) >= 11 is 0. The van der Waals surface area contributed by atoms with Crippen molar-refractivity contribution in [2.24, 2.45) is 10.9 Å². The van der Waals surface area contributed by atoms with E-state index in [1.165, 1.54) is 14.0 Å². The third kappa shape index (κ3) is 3.55. The maximum absolute atomic E-state index is 13.3. The third-order valence-electron chi connectivity index (χ3n) is 3.29. The Bertz CT molecular complexity index is 622. The molecule has 1 aliphatic rings. The van der Waals surface area contributed by atoms with Gasteiger partial charge in [-0.15, -0.1) is 0 Å². The summed E-state index contributed by atoms with van der Waals surface area (Å²) in [6.45, 7) is 0.687. The second kappa shape index (κ2) is 5.94. The van der Waals surface area contributed by atoms with Crippen LogP contribution in [0.1, 0.15) is 29.7 Å². The van der Waals surface area contributed by atoms with E-state index in [4.69, 9.17) is 9.84 Å². The Morgan fingerprint density at radius 1 is 1.50 bits per heavy atom. The Balaban J connectivity index is 2.50. The number of halogens is 3. The van der Waals surface area contributed by atoms with Crippen molar-refractivity contribution < 1.29 is 27.8 Å². The largest absolute Gasteiger partial charge is 0.479 e. The Labute approximate surface area is 124 Å². The highest BCUT2D eigenvalue weighted by Gasteiger charge is 2.40. The van der Waals surface area contributed by atoms with Crippen LogP contribution in [0.15, 0.2) is 11.1 Å². The molecule has 8 heteroatoms. The first kappa shape index (κ1) is 16.3. The number of aryl methyl sites for hydroxylation is 1. The SMILES string of the molecule is CN=C(c1c(C(F)(F)F)cc(OCC(=O)O)nc1C)C1CC1. The van der Waals surface area contributed by atoms with Gasteiger partial charge in [0.2, 0.25) is 5.88 Å². The molecule has 1 saturated carbocycles. The van der Waals surface area contributed by atoms with E-state index in [9.17, 15) is 18.0 Å². The van der Waals surface area contributed by atoms with Gasteiger partial charge in [-0.05, 0) is 19.8 Å². The summed E-state index contributed by atoms with van der Waals surface area (Å²) in [4.78, 5) is 18.4. The summed E-state index contributed by atoms with van der Waals surface area (Å²) in [5.74, 6) is -1.62. The van der Waals surface area contributed by atoms with Crippen LogP contribution in [0.25, 0.3) is 0 Å². The Hall–Kier alpha value is -2.12. The smallest absolute Gasteiger partial charge is 0.417 e. The maximum atomic E-state index is 13.3. The van der Waals surface area contributed by atoms with Gasteiger partial charge in [0.25, 0.3) is 0 Å². The first-order valence-electron chi connectivity index (χ1n) is 6.64. The average molecular weight is 316 g/mol. The van der Waals surface area contributed by atoms with Crippen LogP contribution in [0, 0.1) is 12.8 Å². The second-order valence-corrected chi connectivity index (χ2v) is 5.03. The fourth-order valence-corrected chi connectivity index (χ4v) is 2.26. The number of aliphatic carboxylic acids is 1.